The third kappa shape index (κ3) is 7.24. The monoisotopic (exact) mass is 144 g/mol. The van der Waals surface area contributed by atoms with Crippen molar-refractivity contribution in [2.45, 2.75) is 0 Å². The number of nitrogens with zero attached hydrogens (tertiary/aromatic N) is 1. The van der Waals surface area contributed by atoms with E-state index >= 15 is 0 Å². The van der Waals surface area contributed by atoms with Gasteiger partial charge in [-0.25, -0.2) is 0 Å². The van der Waals surface area contributed by atoms with Gasteiger partial charge in [0.2, 0.25) is 0 Å². The molecular weight excluding hydrogens is 137 g/mol. The van der Waals surface area contributed by atoms with E-state index in [1.807, 2.05) is 14.1 Å². The van der Waals surface area contributed by atoms with Crippen molar-refractivity contribution in [3.05, 3.63) is 0 Å². The summed E-state index contributed by atoms with van der Waals surface area (Å²) in [5.74, 6) is 0. The topological polar surface area (TPSA) is 3.24 Å². The van der Waals surface area contributed by atoms with Crippen LogP contribution in [0.15, 0.2) is 0 Å². The molecule has 0 aromatic rings. The second-order valence-electron chi connectivity index (χ2n) is 1.18. The molecule has 0 aromatic carbocycles. The van der Waals surface area contributed by atoms with Crippen LogP contribution in [0.5, 0.6) is 0 Å². The molecule has 0 unspecified atom stereocenters. The zero-order chi connectivity index (χ0) is 5.15. The van der Waals surface area contributed by atoms with Crippen LogP contribution in [-0.4, -0.2) is 23.3 Å². The minimum atomic E-state index is 0. The van der Waals surface area contributed by atoms with Gasteiger partial charge in [-0.1, -0.05) is 12.2 Å². The number of thiocarbonyl (C=S) groups is 1. The molecular formula is C3H7NNaS2+. The van der Waals surface area contributed by atoms with E-state index in [2.05, 4.69) is 24.8 Å². The molecule has 0 amide bonds. The van der Waals surface area contributed by atoms with Crippen molar-refractivity contribution < 1.29 is 29.6 Å². The van der Waals surface area contributed by atoms with E-state index in [-0.39, 0.29) is 29.6 Å². The van der Waals surface area contributed by atoms with E-state index in [9.17, 15) is 0 Å². The van der Waals surface area contributed by atoms with Crippen LogP contribution < -0.4 is 29.6 Å². The van der Waals surface area contributed by atoms with Crippen LogP contribution in [0.1, 0.15) is 0 Å². The van der Waals surface area contributed by atoms with Crippen LogP contribution in [0.2, 0.25) is 0 Å². The average molecular weight is 144 g/mol. The van der Waals surface area contributed by atoms with Gasteiger partial charge in [0.15, 0.2) is 0 Å². The Labute approximate surface area is 77.2 Å². The first kappa shape index (κ1) is 11.1. The van der Waals surface area contributed by atoms with E-state index in [1.54, 1.807) is 4.90 Å². The second-order valence-corrected chi connectivity index (χ2v) is 2.29. The van der Waals surface area contributed by atoms with Crippen molar-refractivity contribution in [1.29, 1.82) is 0 Å². The standard InChI is InChI=1S/C3H7NS2.Na/c1-4(2)3(5)6;/h1-2H3,(H,5,6);/q;+1. The molecule has 0 fully saturated rings. The number of rotatable bonds is 0. The first-order chi connectivity index (χ1) is 2.64. The van der Waals surface area contributed by atoms with Gasteiger partial charge in [0.1, 0.15) is 4.32 Å². The molecule has 0 aliphatic carbocycles. The molecule has 1 nitrogen and oxygen atoms in total. The molecule has 0 heterocycles. The Bertz CT molecular complexity index is 64.0. The quantitative estimate of drug-likeness (QED) is 0.233. The van der Waals surface area contributed by atoms with Crippen LogP contribution >= 0.6 is 24.8 Å². The van der Waals surface area contributed by atoms with Crippen molar-refractivity contribution in [3.8, 4) is 0 Å². The van der Waals surface area contributed by atoms with Gasteiger partial charge in [0.25, 0.3) is 0 Å². The van der Waals surface area contributed by atoms with Crippen molar-refractivity contribution in [1.82, 2.24) is 4.90 Å². The van der Waals surface area contributed by atoms with Crippen LogP contribution in [-0.2, 0) is 0 Å². The average Bonchev–Trinajstić information content (AvgIpc) is 1.36. The molecule has 7 heavy (non-hydrogen) atoms. The predicted octanol–water partition coefficient (Wildman–Crippen LogP) is -2.23. The second kappa shape index (κ2) is 5.38. The molecule has 0 saturated heterocycles. The number of thiol groups is 1. The smallest absolute Gasteiger partial charge is 0.364 e. The fourth-order valence-electron chi connectivity index (χ4n) is 0. The maximum Gasteiger partial charge on any atom is 1.00 e. The maximum absolute atomic E-state index is 4.61. The largest absolute Gasteiger partial charge is 1.00 e. The van der Waals surface area contributed by atoms with Gasteiger partial charge in [0, 0.05) is 14.1 Å². The summed E-state index contributed by atoms with van der Waals surface area (Å²) in [5, 5.41) is 0. The fourth-order valence-corrected chi connectivity index (χ4v) is 0. The molecule has 0 N–H and O–H groups in total. The van der Waals surface area contributed by atoms with E-state index in [1.165, 1.54) is 0 Å². The number of hydrogen-bond acceptors (Lipinski definition) is 1. The summed E-state index contributed by atoms with van der Waals surface area (Å²) in [6, 6.07) is 0. The van der Waals surface area contributed by atoms with Gasteiger partial charge in [-0.05, 0) is 0 Å². The Morgan fingerprint density at radius 2 is 1.71 bits per heavy atom. The van der Waals surface area contributed by atoms with Crippen molar-refractivity contribution in [2.75, 3.05) is 14.1 Å². The van der Waals surface area contributed by atoms with Gasteiger partial charge < -0.3 is 4.90 Å². The maximum atomic E-state index is 4.61. The normalized spacial score (nSPS) is 6.71. The zero-order valence-corrected chi connectivity index (χ0v) is 8.51. The van der Waals surface area contributed by atoms with Crippen molar-refractivity contribution >= 4 is 29.2 Å². The predicted molar refractivity (Wildman–Crippen MR) is 35.3 cm³/mol. The third-order valence-corrected chi connectivity index (χ3v) is 1.15. The number of hydrogen-bond donors (Lipinski definition) is 1. The Morgan fingerprint density at radius 1 is 1.57 bits per heavy atom. The SMILES string of the molecule is CN(C)C(=S)S.[Na+]. The summed E-state index contributed by atoms with van der Waals surface area (Å²) in [5.41, 5.74) is 0. The summed E-state index contributed by atoms with van der Waals surface area (Å²) in [7, 11) is 3.71. The van der Waals surface area contributed by atoms with Gasteiger partial charge in [-0.15, -0.1) is 12.6 Å². The Balaban J connectivity index is 0. The zero-order valence-electron chi connectivity index (χ0n) is 4.80. The molecule has 0 rings (SSSR count). The van der Waals surface area contributed by atoms with E-state index in [0.717, 1.165) is 0 Å². The van der Waals surface area contributed by atoms with Gasteiger partial charge in [-0.2, -0.15) is 0 Å². The van der Waals surface area contributed by atoms with Gasteiger partial charge in [-0.3, -0.25) is 0 Å². The van der Waals surface area contributed by atoms with Gasteiger partial charge >= 0.3 is 29.6 Å². The fraction of sp³-hybridized carbons (Fsp3) is 0.667. The van der Waals surface area contributed by atoms with Crippen molar-refractivity contribution in [2.24, 2.45) is 0 Å². The van der Waals surface area contributed by atoms with Gasteiger partial charge in [0.05, 0.1) is 0 Å². The molecule has 0 aliphatic heterocycles. The Morgan fingerprint density at radius 3 is 1.71 bits per heavy atom. The van der Waals surface area contributed by atoms with E-state index < -0.39 is 0 Å². The molecule has 0 bridgehead atoms. The minimum Gasteiger partial charge on any atom is -0.364 e. The Kier molecular flexibility index (Phi) is 8.52. The third-order valence-electron chi connectivity index (χ3n) is 0.383. The van der Waals surface area contributed by atoms with Crippen LogP contribution in [0.25, 0.3) is 0 Å². The van der Waals surface area contributed by atoms with Crippen LogP contribution in [0.3, 0.4) is 0 Å². The van der Waals surface area contributed by atoms with Crippen LogP contribution in [0.4, 0.5) is 0 Å². The summed E-state index contributed by atoms with van der Waals surface area (Å²) in [6.45, 7) is 0. The first-order valence-corrected chi connectivity index (χ1v) is 2.40. The summed E-state index contributed by atoms with van der Waals surface area (Å²) >= 11 is 8.46. The van der Waals surface area contributed by atoms with E-state index in [4.69, 9.17) is 0 Å². The summed E-state index contributed by atoms with van der Waals surface area (Å²) < 4.78 is 0.620. The minimum absolute atomic E-state index is 0. The molecule has 36 valence electrons. The van der Waals surface area contributed by atoms with Crippen LogP contribution in [0, 0.1) is 0 Å². The molecule has 0 saturated carbocycles. The molecule has 4 heteroatoms. The molecule has 0 aromatic heterocycles. The molecule has 0 aliphatic rings. The molecule has 0 atom stereocenters. The summed E-state index contributed by atoms with van der Waals surface area (Å²) in [4.78, 5) is 1.76. The summed E-state index contributed by atoms with van der Waals surface area (Å²) in [6.07, 6.45) is 0. The first-order valence-electron chi connectivity index (χ1n) is 1.55. The Hall–Kier alpha value is 1.24. The van der Waals surface area contributed by atoms with E-state index in [0.29, 0.717) is 4.32 Å². The molecule has 0 spiro atoms. The van der Waals surface area contributed by atoms with Crippen molar-refractivity contribution in [3.63, 3.8) is 0 Å². The molecule has 0 radical (unpaired) electrons.